The first-order valence-corrected chi connectivity index (χ1v) is 6.07. The van der Waals surface area contributed by atoms with Crippen molar-refractivity contribution >= 4 is 0 Å². The average Bonchev–Trinajstić information content (AvgIpc) is 2.39. The summed E-state index contributed by atoms with van der Waals surface area (Å²) in [7, 11) is 0. The van der Waals surface area contributed by atoms with Gasteiger partial charge in [-0.3, -0.25) is 14.3 Å². The molecule has 94 valence electrons. The Morgan fingerprint density at radius 3 is 2.56 bits per heavy atom. The van der Waals surface area contributed by atoms with E-state index in [0.29, 0.717) is 18.5 Å². The Hall–Kier alpha value is -2.10. The summed E-state index contributed by atoms with van der Waals surface area (Å²) in [5.41, 5.74) is 1.20. The molecule has 4 heteroatoms. The van der Waals surface area contributed by atoms with Crippen molar-refractivity contribution in [3.63, 3.8) is 0 Å². The number of hydrogen-bond donors (Lipinski definition) is 1. The highest BCUT2D eigenvalue weighted by atomic mass is 16.2. The fraction of sp³-hybridized carbons (Fsp3) is 0.286. The Kier molecular flexibility index (Phi) is 3.77. The van der Waals surface area contributed by atoms with Crippen LogP contribution in [0.4, 0.5) is 0 Å². The molecular weight excluding hydrogens is 228 g/mol. The lowest BCUT2D eigenvalue weighted by Crippen LogP contribution is -2.32. The topological polar surface area (TPSA) is 54.9 Å². The molecule has 0 radical (unpaired) electrons. The lowest BCUT2D eigenvalue weighted by Gasteiger charge is -2.06. The third-order valence-corrected chi connectivity index (χ3v) is 2.95. The maximum absolute atomic E-state index is 11.6. The number of H-pyrrole nitrogens is 1. The maximum atomic E-state index is 11.6. The number of benzene rings is 1. The Morgan fingerprint density at radius 2 is 1.89 bits per heavy atom. The highest BCUT2D eigenvalue weighted by molar-refractivity contribution is 5.14. The molecule has 0 aliphatic carbocycles. The maximum Gasteiger partial charge on any atom is 0.328 e. The lowest BCUT2D eigenvalue weighted by molar-refractivity contribution is 0.637. The molecule has 0 unspecified atom stereocenters. The van der Waals surface area contributed by atoms with Crippen LogP contribution in [0.25, 0.3) is 0 Å². The molecule has 1 N–H and O–H groups in total. The van der Waals surface area contributed by atoms with Crippen molar-refractivity contribution in [2.75, 3.05) is 0 Å². The van der Waals surface area contributed by atoms with Crippen LogP contribution in [0.1, 0.15) is 18.1 Å². The van der Waals surface area contributed by atoms with Gasteiger partial charge in [0.05, 0.1) is 0 Å². The van der Waals surface area contributed by atoms with Crippen molar-refractivity contribution in [2.24, 2.45) is 0 Å². The molecule has 0 bridgehead atoms. The molecule has 4 nitrogen and oxygen atoms in total. The number of aromatic nitrogens is 2. The zero-order valence-electron chi connectivity index (χ0n) is 10.3. The normalized spacial score (nSPS) is 10.5. The van der Waals surface area contributed by atoms with Gasteiger partial charge in [-0.05, 0) is 18.4 Å². The monoisotopic (exact) mass is 244 g/mol. The Morgan fingerprint density at radius 1 is 1.17 bits per heavy atom. The lowest BCUT2D eigenvalue weighted by atomic mass is 10.1. The molecule has 0 aliphatic rings. The average molecular weight is 244 g/mol. The number of hydrogen-bond acceptors (Lipinski definition) is 2. The number of nitrogens with one attached hydrogen (secondary N) is 1. The van der Waals surface area contributed by atoms with Gasteiger partial charge in [0.15, 0.2) is 0 Å². The SMILES string of the molecule is CCc1cn(CCc2ccccc2)c(=O)[nH]c1=O. The largest absolute Gasteiger partial charge is 0.328 e. The van der Waals surface area contributed by atoms with Gasteiger partial charge in [0.25, 0.3) is 5.56 Å². The number of aromatic amines is 1. The van der Waals surface area contributed by atoms with Crippen molar-refractivity contribution in [1.29, 1.82) is 0 Å². The second-order valence-electron chi connectivity index (χ2n) is 4.20. The summed E-state index contributed by atoms with van der Waals surface area (Å²) in [6.45, 7) is 2.48. The van der Waals surface area contributed by atoms with E-state index in [0.717, 1.165) is 6.42 Å². The van der Waals surface area contributed by atoms with Crippen molar-refractivity contribution in [1.82, 2.24) is 9.55 Å². The van der Waals surface area contributed by atoms with Gasteiger partial charge in [0, 0.05) is 18.3 Å². The van der Waals surface area contributed by atoms with Crippen molar-refractivity contribution < 1.29 is 0 Å². The molecule has 0 atom stereocenters. The summed E-state index contributed by atoms with van der Waals surface area (Å²) in [5.74, 6) is 0. The van der Waals surface area contributed by atoms with E-state index >= 15 is 0 Å². The zero-order valence-corrected chi connectivity index (χ0v) is 10.3. The van der Waals surface area contributed by atoms with Gasteiger partial charge < -0.3 is 0 Å². The van der Waals surface area contributed by atoms with Gasteiger partial charge in [-0.25, -0.2) is 4.79 Å². The molecule has 2 aromatic rings. The van der Waals surface area contributed by atoms with Crippen molar-refractivity contribution in [3.8, 4) is 0 Å². The number of rotatable bonds is 4. The van der Waals surface area contributed by atoms with Crippen LogP contribution >= 0.6 is 0 Å². The molecule has 2 rings (SSSR count). The Bertz CT molecular complexity index is 626. The minimum absolute atomic E-state index is 0.279. The summed E-state index contributed by atoms with van der Waals surface area (Å²) < 4.78 is 1.56. The van der Waals surface area contributed by atoms with Gasteiger partial charge in [-0.1, -0.05) is 37.3 Å². The zero-order chi connectivity index (χ0) is 13.0. The van der Waals surface area contributed by atoms with Crippen molar-refractivity contribution in [2.45, 2.75) is 26.3 Å². The predicted octanol–water partition coefficient (Wildman–Crippen LogP) is 1.34. The molecular formula is C14H16N2O2. The standard InChI is InChI=1S/C14H16N2O2/c1-2-12-10-16(14(18)15-13(12)17)9-8-11-6-4-3-5-7-11/h3-7,10H,2,8-9H2,1H3,(H,15,17,18). The van der Waals surface area contributed by atoms with Crippen LogP contribution < -0.4 is 11.2 Å². The Balaban J connectivity index is 2.20. The second kappa shape index (κ2) is 5.49. The molecule has 0 spiro atoms. The highest BCUT2D eigenvalue weighted by Gasteiger charge is 2.02. The van der Waals surface area contributed by atoms with Crippen LogP contribution in [0.3, 0.4) is 0 Å². The molecule has 0 aliphatic heterocycles. The van der Waals surface area contributed by atoms with Crippen LogP contribution in [0.2, 0.25) is 0 Å². The van der Waals surface area contributed by atoms with Crippen LogP contribution in [0.5, 0.6) is 0 Å². The third kappa shape index (κ3) is 2.77. The molecule has 1 heterocycles. The fourth-order valence-corrected chi connectivity index (χ4v) is 1.87. The van der Waals surface area contributed by atoms with Gasteiger partial charge in [-0.15, -0.1) is 0 Å². The van der Waals surface area contributed by atoms with Crippen LogP contribution in [-0.2, 0) is 19.4 Å². The molecule has 1 aromatic carbocycles. The second-order valence-corrected chi connectivity index (χ2v) is 4.20. The van der Waals surface area contributed by atoms with E-state index in [1.807, 2.05) is 37.3 Å². The minimum Gasteiger partial charge on any atom is -0.300 e. The minimum atomic E-state index is -0.340. The van der Waals surface area contributed by atoms with Crippen molar-refractivity contribution in [3.05, 3.63) is 68.5 Å². The number of aryl methyl sites for hydroxylation is 3. The van der Waals surface area contributed by atoms with E-state index in [9.17, 15) is 9.59 Å². The van der Waals surface area contributed by atoms with E-state index < -0.39 is 0 Å². The van der Waals surface area contributed by atoms with E-state index in [-0.39, 0.29) is 11.2 Å². The molecule has 0 amide bonds. The van der Waals surface area contributed by atoms with Gasteiger partial charge in [0.1, 0.15) is 0 Å². The van der Waals surface area contributed by atoms with Crippen LogP contribution in [0.15, 0.2) is 46.1 Å². The fourth-order valence-electron chi connectivity index (χ4n) is 1.87. The smallest absolute Gasteiger partial charge is 0.300 e. The highest BCUT2D eigenvalue weighted by Crippen LogP contribution is 2.00. The predicted molar refractivity (Wildman–Crippen MR) is 70.8 cm³/mol. The van der Waals surface area contributed by atoms with Gasteiger partial charge >= 0.3 is 5.69 Å². The van der Waals surface area contributed by atoms with E-state index in [4.69, 9.17) is 0 Å². The van der Waals surface area contributed by atoms with E-state index in [2.05, 4.69) is 4.98 Å². The van der Waals surface area contributed by atoms with E-state index in [1.165, 1.54) is 5.56 Å². The molecule has 18 heavy (non-hydrogen) atoms. The molecule has 1 aromatic heterocycles. The van der Waals surface area contributed by atoms with Gasteiger partial charge in [0.2, 0.25) is 0 Å². The first-order valence-electron chi connectivity index (χ1n) is 6.07. The summed E-state index contributed by atoms with van der Waals surface area (Å²) >= 11 is 0. The first-order chi connectivity index (χ1) is 8.70. The third-order valence-electron chi connectivity index (χ3n) is 2.95. The van der Waals surface area contributed by atoms with Gasteiger partial charge in [-0.2, -0.15) is 0 Å². The van der Waals surface area contributed by atoms with Crippen LogP contribution in [0, 0.1) is 0 Å². The first kappa shape index (κ1) is 12.4. The quantitative estimate of drug-likeness (QED) is 0.882. The van der Waals surface area contributed by atoms with Crippen LogP contribution in [-0.4, -0.2) is 9.55 Å². The summed E-state index contributed by atoms with van der Waals surface area (Å²) in [6, 6.07) is 9.96. The number of nitrogens with zero attached hydrogens (tertiary/aromatic N) is 1. The summed E-state index contributed by atoms with van der Waals surface area (Å²) in [5, 5.41) is 0. The summed E-state index contributed by atoms with van der Waals surface area (Å²) in [4.78, 5) is 25.4. The molecule has 0 fully saturated rings. The summed E-state index contributed by atoms with van der Waals surface area (Å²) in [6.07, 6.45) is 3.06. The Labute approximate surface area is 105 Å². The molecule has 0 saturated heterocycles. The van der Waals surface area contributed by atoms with E-state index in [1.54, 1.807) is 10.8 Å². The molecule has 0 saturated carbocycles.